The highest BCUT2D eigenvalue weighted by Crippen LogP contribution is 2.24. The molecule has 0 fully saturated rings. The minimum absolute atomic E-state index is 0.188. The second-order valence-corrected chi connectivity index (χ2v) is 6.08. The van der Waals surface area contributed by atoms with Crippen LogP contribution in [0.5, 0.6) is 5.75 Å². The molecule has 2 aromatic rings. The monoisotopic (exact) mass is 299 g/mol. The Morgan fingerprint density at radius 2 is 1.55 bits per heavy atom. The lowest BCUT2D eigenvalue weighted by atomic mass is 9.99. The number of rotatable bonds is 3. The fraction of sp³-hybridized carbons (Fsp3) is 0.278. The van der Waals surface area contributed by atoms with Crippen LogP contribution in [-0.2, 0) is 4.74 Å². The smallest absolute Gasteiger partial charge is 0.408 e. The molecule has 1 atom stereocenters. The molecular weight excluding hydrogens is 278 g/mol. The normalized spacial score (nSPS) is 12.5. The zero-order valence-corrected chi connectivity index (χ0v) is 13.0. The molecule has 0 bridgehead atoms. The van der Waals surface area contributed by atoms with Gasteiger partial charge in [0.2, 0.25) is 0 Å². The molecule has 22 heavy (non-hydrogen) atoms. The van der Waals surface area contributed by atoms with Gasteiger partial charge in [-0.05, 0) is 44.0 Å². The summed E-state index contributed by atoms with van der Waals surface area (Å²) in [5, 5.41) is 12.3. The van der Waals surface area contributed by atoms with Crippen molar-refractivity contribution in [1.82, 2.24) is 5.32 Å². The summed E-state index contributed by atoms with van der Waals surface area (Å²) in [6.45, 7) is 5.47. The summed E-state index contributed by atoms with van der Waals surface area (Å²) < 4.78 is 5.34. The SMILES string of the molecule is CC(C)(C)OC(=O)NC(c1ccccc1)c1ccc(O)cc1. The molecule has 4 heteroatoms. The third-order valence-corrected chi connectivity index (χ3v) is 3.02. The Kier molecular flexibility index (Phi) is 4.71. The van der Waals surface area contributed by atoms with Crippen LogP contribution in [0.2, 0.25) is 0 Å². The van der Waals surface area contributed by atoms with E-state index in [2.05, 4.69) is 5.32 Å². The van der Waals surface area contributed by atoms with Crippen LogP contribution in [0.1, 0.15) is 37.9 Å². The van der Waals surface area contributed by atoms with Gasteiger partial charge in [0.15, 0.2) is 0 Å². The van der Waals surface area contributed by atoms with Gasteiger partial charge in [-0.25, -0.2) is 4.79 Å². The minimum atomic E-state index is -0.555. The lowest BCUT2D eigenvalue weighted by Crippen LogP contribution is -2.35. The van der Waals surface area contributed by atoms with Crippen LogP contribution in [0, 0.1) is 0 Å². The number of carbonyl (C=O) groups excluding carboxylic acids is 1. The maximum absolute atomic E-state index is 12.1. The molecule has 0 radical (unpaired) electrons. The van der Waals surface area contributed by atoms with Crippen LogP contribution in [-0.4, -0.2) is 16.8 Å². The first-order chi connectivity index (χ1) is 10.3. The van der Waals surface area contributed by atoms with E-state index in [4.69, 9.17) is 4.74 Å². The van der Waals surface area contributed by atoms with Gasteiger partial charge in [-0.3, -0.25) is 0 Å². The Morgan fingerprint density at radius 1 is 1.00 bits per heavy atom. The van der Waals surface area contributed by atoms with Gasteiger partial charge >= 0.3 is 6.09 Å². The standard InChI is InChI=1S/C18H21NO3/c1-18(2,3)22-17(21)19-16(13-7-5-4-6-8-13)14-9-11-15(20)12-10-14/h4-12,16,20H,1-3H3,(H,19,21). The molecular formula is C18H21NO3. The summed E-state index contributed by atoms with van der Waals surface area (Å²) in [4.78, 5) is 12.1. The van der Waals surface area contributed by atoms with E-state index < -0.39 is 11.7 Å². The highest BCUT2D eigenvalue weighted by atomic mass is 16.6. The zero-order chi connectivity index (χ0) is 16.2. The van der Waals surface area contributed by atoms with Crippen molar-refractivity contribution in [2.45, 2.75) is 32.4 Å². The minimum Gasteiger partial charge on any atom is -0.508 e. The number of amides is 1. The molecule has 0 aliphatic heterocycles. The van der Waals surface area contributed by atoms with E-state index in [-0.39, 0.29) is 11.8 Å². The zero-order valence-electron chi connectivity index (χ0n) is 13.0. The number of benzene rings is 2. The molecule has 1 amide bonds. The number of hydrogen-bond acceptors (Lipinski definition) is 3. The van der Waals surface area contributed by atoms with Gasteiger partial charge in [-0.15, -0.1) is 0 Å². The topological polar surface area (TPSA) is 58.6 Å². The van der Waals surface area contributed by atoms with Gasteiger partial charge in [-0.2, -0.15) is 0 Å². The molecule has 0 saturated heterocycles. The van der Waals surface area contributed by atoms with E-state index in [1.807, 2.05) is 51.1 Å². The number of phenolic OH excluding ortho intramolecular Hbond substituents is 1. The fourth-order valence-electron chi connectivity index (χ4n) is 2.10. The highest BCUT2D eigenvalue weighted by Gasteiger charge is 2.21. The number of alkyl carbamates (subject to hydrolysis) is 1. The molecule has 0 aliphatic rings. The van der Waals surface area contributed by atoms with Gasteiger partial charge in [0.05, 0.1) is 6.04 Å². The summed E-state index contributed by atoms with van der Waals surface area (Å²) in [5.74, 6) is 0.188. The maximum Gasteiger partial charge on any atom is 0.408 e. The van der Waals surface area contributed by atoms with Gasteiger partial charge in [0, 0.05) is 0 Å². The van der Waals surface area contributed by atoms with E-state index in [0.717, 1.165) is 11.1 Å². The van der Waals surface area contributed by atoms with E-state index >= 15 is 0 Å². The Hall–Kier alpha value is -2.49. The summed E-state index contributed by atoms with van der Waals surface area (Å²) in [5.41, 5.74) is 1.26. The number of ether oxygens (including phenoxy) is 1. The van der Waals surface area contributed by atoms with E-state index in [1.165, 1.54) is 0 Å². The maximum atomic E-state index is 12.1. The highest BCUT2D eigenvalue weighted by molar-refractivity contribution is 5.69. The third-order valence-electron chi connectivity index (χ3n) is 3.02. The first-order valence-corrected chi connectivity index (χ1v) is 7.18. The van der Waals surface area contributed by atoms with Crippen LogP contribution in [0.15, 0.2) is 54.6 Å². The summed E-state index contributed by atoms with van der Waals surface area (Å²) >= 11 is 0. The van der Waals surface area contributed by atoms with Crippen molar-refractivity contribution >= 4 is 6.09 Å². The molecule has 116 valence electrons. The molecule has 2 aromatic carbocycles. The van der Waals surface area contributed by atoms with Crippen LogP contribution < -0.4 is 5.32 Å². The molecule has 1 unspecified atom stereocenters. The molecule has 0 saturated carbocycles. The summed E-state index contributed by atoms with van der Waals surface area (Å²) in [6.07, 6.45) is -0.477. The third kappa shape index (κ3) is 4.52. The Morgan fingerprint density at radius 3 is 2.09 bits per heavy atom. The van der Waals surface area contributed by atoms with Crippen LogP contribution in [0.3, 0.4) is 0 Å². The molecule has 4 nitrogen and oxygen atoms in total. The first-order valence-electron chi connectivity index (χ1n) is 7.18. The summed E-state index contributed by atoms with van der Waals surface area (Å²) in [6, 6.07) is 16.1. The van der Waals surface area contributed by atoms with Crippen molar-refractivity contribution < 1.29 is 14.6 Å². The van der Waals surface area contributed by atoms with Crippen molar-refractivity contribution in [3.8, 4) is 5.75 Å². The van der Waals surface area contributed by atoms with Crippen molar-refractivity contribution in [3.05, 3.63) is 65.7 Å². The van der Waals surface area contributed by atoms with Crippen molar-refractivity contribution in [3.63, 3.8) is 0 Å². The van der Waals surface area contributed by atoms with Crippen molar-refractivity contribution in [2.75, 3.05) is 0 Å². The van der Waals surface area contributed by atoms with Gasteiger partial charge in [-0.1, -0.05) is 42.5 Å². The number of nitrogens with one attached hydrogen (secondary N) is 1. The average molecular weight is 299 g/mol. The second-order valence-electron chi connectivity index (χ2n) is 6.08. The van der Waals surface area contributed by atoms with E-state index in [0.29, 0.717) is 0 Å². The van der Waals surface area contributed by atoms with Gasteiger partial charge in [0.25, 0.3) is 0 Å². The molecule has 0 aromatic heterocycles. The van der Waals surface area contributed by atoms with Crippen molar-refractivity contribution in [2.24, 2.45) is 0 Å². The fourth-order valence-corrected chi connectivity index (χ4v) is 2.10. The summed E-state index contributed by atoms with van der Waals surface area (Å²) in [7, 11) is 0. The second kappa shape index (κ2) is 6.52. The van der Waals surface area contributed by atoms with E-state index in [9.17, 15) is 9.90 Å². The predicted molar refractivity (Wildman–Crippen MR) is 85.8 cm³/mol. The lowest BCUT2D eigenvalue weighted by Gasteiger charge is -2.24. The van der Waals surface area contributed by atoms with Crippen LogP contribution in [0.4, 0.5) is 4.79 Å². The lowest BCUT2D eigenvalue weighted by molar-refractivity contribution is 0.0512. The molecule has 2 N–H and O–H groups in total. The number of hydrogen-bond donors (Lipinski definition) is 2. The number of aromatic hydroxyl groups is 1. The predicted octanol–water partition coefficient (Wildman–Crippen LogP) is 4.01. The van der Waals surface area contributed by atoms with Crippen LogP contribution >= 0.6 is 0 Å². The van der Waals surface area contributed by atoms with Crippen molar-refractivity contribution in [1.29, 1.82) is 0 Å². The molecule has 0 heterocycles. The Bertz CT molecular complexity index is 615. The van der Waals surface area contributed by atoms with E-state index in [1.54, 1.807) is 24.3 Å². The number of phenols is 1. The quantitative estimate of drug-likeness (QED) is 0.900. The molecule has 2 rings (SSSR count). The first kappa shape index (κ1) is 15.9. The Balaban J connectivity index is 2.26. The largest absolute Gasteiger partial charge is 0.508 e. The molecule has 0 spiro atoms. The number of carbonyl (C=O) groups is 1. The average Bonchev–Trinajstić information content (AvgIpc) is 2.45. The Labute approximate surface area is 130 Å². The van der Waals surface area contributed by atoms with Gasteiger partial charge in [0.1, 0.15) is 11.4 Å². The molecule has 0 aliphatic carbocycles. The van der Waals surface area contributed by atoms with Gasteiger partial charge < -0.3 is 15.2 Å². The van der Waals surface area contributed by atoms with Crippen LogP contribution in [0.25, 0.3) is 0 Å².